The van der Waals surface area contributed by atoms with Crippen LogP contribution in [0.4, 0.5) is 0 Å². The summed E-state index contributed by atoms with van der Waals surface area (Å²) < 4.78 is 2.22. The molecule has 0 saturated carbocycles. The molecule has 18 heavy (non-hydrogen) atoms. The lowest BCUT2D eigenvalue weighted by Crippen LogP contribution is -2.12. The Morgan fingerprint density at radius 2 is 2.17 bits per heavy atom. The van der Waals surface area contributed by atoms with E-state index in [-0.39, 0.29) is 5.92 Å². The first kappa shape index (κ1) is 12.7. The number of nitrogens with zero attached hydrogens (tertiary/aromatic N) is 1. The van der Waals surface area contributed by atoms with Crippen LogP contribution >= 0.6 is 0 Å². The molecule has 1 aromatic heterocycles. The molecule has 2 aromatic rings. The average Bonchev–Trinajstić information content (AvgIpc) is 2.66. The van der Waals surface area contributed by atoms with E-state index in [2.05, 4.69) is 36.7 Å². The van der Waals surface area contributed by atoms with E-state index in [1.54, 1.807) is 6.92 Å². The summed E-state index contributed by atoms with van der Waals surface area (Å²) in [6.45, 7) is 6.92. The molecule has 96 valence electrons. The quantitative estimate of drug-likeness (QED) is 0.898. The van der Waals surface area contributed by atoms with E-state index in [0.717, 1.165) is 12.1 Å². The molecule has 1 atom stereocenters. The molecule has 0 amide bonds. The van der Waals surface area contributed by atoms with E-state index in [1.165, 1.54) is 16.5 Å². The summed E-state index contributed by atoms with van der Waals surface area (Å²) in [5, 5.41) is 10.2. The number of carboxylic acids is 1. The summed E-state index contributed by atoms with van der Waals surface area (Å²) in [7, 11) is 0. The van der Waals surface area contributed by atoms with E-state index in [1.807, 2.05) is 6.07 Å². The third-order valence-corrected chi connectivity index (χ3v) is 3.45. The van der Waals surface area contributed by atoms with Gasteiger partial charge < -0.3 is 9.67 Å². The van der Waals surface area contributed by atoms with Gasteiger partial charge in [0.15, 0.2) is 0 Å². The summed E-state index contributed by atoms with van der Waals surface area (Å²) in [6, 6.07) is 6.25. The van der Waals surface area contributed by atoms with Crippen LogP contribution in [-0.4, -0.2) is 15.6 Å². The number of aromatic nitrogens is 1. The Labute approximate surface area is 107 Å². The molecule has 0 aliphatic heterocycles. The molecule has 0 aliphatic carbocycles. The van der Waals surface area contributed by atoms with Crippen LogP contribution in [0.15, 0.2) is 24.4 Å². The molecule has 2 rings (SSSR count). The minimum atomic E-state index is -0.738. The van der Waals surface area contributed by atoms with Gasteiger partial charge in [-0.25, -0.2) is 0 Å². The lowest BCUT2D eigenvalue weighted by atomic mass is 9.99. The van der Waals surface area contributed by atoms with Crippen LogP contribution in [0.2, 0.25) is 0 Å². The van der Waals surface area contributed by atoms with Crippen LogP contribution in [-0.2, 0) is 17.8 Å². The van der Waals surface area contributed by atoms with Crippen LogP contribution in [0, 0.1) is 12.8 Å². The zero-order chi connectivity index (χ0) is 13.3. The Morgan fingerprint density at radius 3 is 2.78 bits per heavy atom. The number of benzene rings is 1. The van der Waals surface area contributed by atoms with Gasteiger partial charge >= 0.3 is 5.97 Å². The van der Waals surface area contributed by atoms with E-state index >= 15 is 0 Å². The molecule has 0 fully saturated rings. The second kappa shape index (κ2) is 4.84. The molecule has 3 heteroatoms. The van der Waals surface area contributed by atoms with Gasteiger partial charge in [-0.15, -0.1) is 0 Å². The summed E-state index contributed by atoms with van der Waals surface area (Å²) in [5.74, 6) is -1.08. The van der Waals surface area contributed by atoms with Gasteiger partial charge in [-0.2, -0.15) is 0 Å². The second-order valence-corrected chi connectivity index (χ2v) is 4.89. The number of aryl methyl sites for hydroxylation is 2. The SMILES string of the molecule is CCn1cc(C)c2cc(CC(C)C(=O)O)ccc21. The third kappa shape index (κ3) is 2.26. The van der Waals surface area contributed by atoms with E-state index in [9.17, 15) is 4.79 Å². The highest BCUT2D eigenvalue weighted by Gasteiger charge is 2.12. The first-order chi connectivity index (χ1) is 8.52. The number of rotatable bonds is 4. The number of aliphatic carboxylic acids is 1. The fraction of sp³-hybridized carbons (Fsp3) is 0.400. The van der Waals surface area contributed by atoms with Crippen molar-refractivity contribution in [3.8, 4) is 0 Å². The molecule has 1 aromatic carbocycles. The Hall–Kier alpha value is -1.77. The highest BCUT2D eigenvalue weighted by molar-refractivity contribution is 5.84. The normalized spacial score (nSPS) is 12.8. The van der Waals surface area contributed by atoms with Gasteiger partial charge in [-0.1, -0.05) is 13.0 Å². The zero-order valence-corrected chi connectivity index (χ0v) is 11.1. The van der Waals surface area contributed by atoms with Crippen molar-refractivity contribution in [1.29, 1.82) is 0 Å². The molecule has 0 spiro atoms. The van der Waals surface area contributed by atoms with Crippen LogP contribution in [0.1, 0.15) is 25.0 Å². The minimum absolute atomic E-state index is 0.337. The smallest absolute Gasteiger partial charge is 0.306 e. The van der Waals surface area contributed by atoms with Crippen molar-refractivity contribution in [1.82, 2.24) is 4.57 Å². The van der Waals surface area contributed by atoms with Gasteiger partial charge in [-0.3, -0.25) is 4.79 Å². The summed E-state index contributed by atoms with van der Waals surface area (Å²) in [5.41, 5.74) is 3.56. The number of hydrogen-bond donors (Lipinski definition) is 1. The van der Waals surface area contributed by atoms with E-state index in [0.29, 0.717) is 6.42 Å². The molecule has 3 nitrogen and oxygen atoms in total. The van der Waals surface area contributed by atoms with Crippen molar-refractivity contribution in [2.45, 2.75) is 33.7 Å². The van der Waals surface area contributed by atoms with Crippen molar-refractivity contribution >= 4 is 16.9 Å². The predicted octanol–water partition coefficient (Wildman–Crippen LogP) is 3.23. The number of fused-ring (bicyclic) bond motifs is 1. The fourth-order valence-corrected chi connectivity index (χ4v) is 2.35. The first-order valence-corrected chi connectivity index (χ1v) is 6.34. The molecule has 0 radical (unpaired) electrons. The average molecular weight is 245 g/mol. The van der Waals surface area contributed by atoms with Crippen LogP contribution < -0.4 is 0 Å². The Morgan fingerprint density at radius 1 is 1.44 bits per heavy atom. The molecular formula is C15H19NO2. The van der Waals surface area contributed by atoms with Gasteiger partial charge in [0.25, 0.3) is 0 Å². The molecule has 1 unspecified atom stereocenters. The van der Waals surface area contributed by atoms with Gasteiger partial charge in [0.1, 0.15) is 0 Å². The Balaban J connectivity index is 2.38. The van der Waals surface area contributed by atoms with Gasteiger partial charge in [0, 0.05) is 23.6 Å². The van der Waals surface area contributed by atoms with Crippen molar-refractivity contribution in [2.75, 3.05) is 0 Å². The third-order valence-electron chi connectivity index (χ3n) is 3.45. The van der Waals surface area contributed by atoms with Crippen LogP contribution in [0.25, 0.3) is 10.9 Å². The lowest BCUT2D eigenvalue weighted by Gasteiger charge is -2.07. The number of hydrogen-bond acceptors (Lipinski definition) is 1. The second-order valence-electron chi connectivity index (χ2n) is 4.89. The van der Waals surface area contributed by atoms with Gasteiger partial charge in [-0.05, 0) is 43.5 Å². The number of carboxylic acid groups (broad SMARTS) is 1. The maximum atomic E-state index is 10.9. The lowest BCUT2D eigenvalue weighted by molar-refractivity contribution is -0.141. The highest BCUT2D eigenvalue weighted by Crippen LogP contribution is 2.23. The molecular weight excluding hydrogens is 226 g/mol. The number of carbonyl (C=O) groups is 1. The highest BCUT2D eigenvalue weighted by atomic mass is 16.4. The van der Waals surface area contributed by atoms with Crippen molar-refractivity contribution in [2.24, 2.45) is 5.92 Å². The fourth-order valence-electron chi connectivity index (χ4n) is 2.35. The summed E-state index contributed by atoms with van der Waals surface area (Å²) in [4.78, 5) is 10.9. The standard InChI is InChI=1S/C15H19NO2/c1-4-16-9-11(3)13-8-12(5-6-14(13)16)7-10(2)15(17)18/h5-6,8-10H,4,7H2,1-3H3,(H,17,18). The molecule has 0 saturated heterocycles. The first-order valence-electron chi connectivity index (χ1n) is 6.34. The van der Waals surface area contributed by atoms with Crippen molar-refractivity contribution < 1.29 is 9.90 Å². The molecule has 0 aliphatic rings. The molecule has 0 bridgehead atoms. The van der Waals surface area contributed by atoms with Gasteiger partial charge in [0.2, 0.25) is 0 Å². The van der Waals surface area contributed by atoms with Crippen LogP contribution in [0.5, 0.6) is 0 Å². The predicted molar refractivity (Wildman–Crippen MR) is 72.9 cm³/mol. The van der Waals surface area contributed by atoms with E-state index < -0.39 is 5.97 Å². The largest absolute Gasteiger partial charge is 0.481 e. The Kier molecular flexibility index (Phi) is 3.41. The van der Waals surface area contributed by atoms with Crippen molar-refractivity contribution in [3.05, 3.63) is 35.5 Å². The van der Waals surface area contributed by atoms with Crippen molar-refractivity contribution in [3.63, 3.8) is 0 Å². The maximum Gasteiger partial charge on any atom is 0.306 e. The summed E-state index contributed by atoms with van der Waals surface area (Å²) in [6.07, 6.45) is 2.73. The topological polar surface area (TPSA) is 42.2 Å². The molecule has 1 N–H and O–H groups in total. The monoisotopic (exact) mass is 245 g/mol. The maximum absolute atomic E-state index is 10.9. The molecule has 1 heterocycles. The summed E-state index contributed by atoms with van der Waals surface area (Å²) >= 11 is 0. The van der Waals surface area contributed by atoms with Crippen LogP contribution in [0.3, 0.4) is 0 Å². The Bertz CT molecular complexity index is 583. The zero-order valence-electron chi connectivity index (χ0n) is 11.1. The minimum Gasteiger partial charge on any atom is -0.481 e. The van der Waals surface area contributed by atoms with Gasteiger partial charge in [0.05, 0.1) is 5.92 Å². The van der Waals surface area contributed by atoms with E-state index in [4.69, 9.17) is 5.11 Å².